The number of carbonyl (C=O) groups excluding carboxylic acids is 1. The standard InChI is InChI=1S/C13H18BrNO2/c1-9-5-6-12(14)11(8-9)13(17)15-10(2)4-3-7-16/h5-6,8,10,16H,3-4,7H2,1-2H3,(H,15,17). The number of rotatable bonds is 5. The maximum Gasteiger partial charge on any atom is 0.252 e. The largest absolute Gasteiger partial charge is 0.396 e. The molecule has 94 valence electrons. The van der Waals surface area contributed by atoms with Crippen LogP contribution in [0.5, 0.6) is 0 Å². The average Bonchev–Trinajstić information content (AvgIpc) is 2.29. The Morgan fingerprint density at radius 1 is 1.53 bits per heavy atom. The molecule has 1 unspecified atom stereocenters. The first-order valence-electron chi connectivity index (χ1n) is 5.72. The van der Waals surface area contributed by atoms with Crippen LogP contribution in [0.3, 0.4) is 0 Å². The Morgan fingerprint density at radius 3 is 2.88 bits per heavy atom. The third-order valence-corrected chi connectivity index (χ3v) is 3.23. The van der Waals surface area contributed by atoms with Crippen LogP contribution in [0.25, 0.3) is 0 Å². The lowest BCUT2D eigenvalue weighted by atomic mass is 10.1. The molecule has 1 rings (SSSR count). The van der Waals surface area contributed by atoms with Crippen molar-refractivity contribution in [1.82, 2.24) is 5.32 Å². The van der Waals surface area contributed by atoms with Crippen LogP contribution in [0.1, 0.15) is 35.7 Å². The molecule has 0 saturated carbocycles. The molecule has 0 aliphatic carbocycles. The molecule has 1 atom stereocenters. The van der Waals surface area contributed by atoms with Crippen LogP contribution in [0, 0.1) is 6.92 Å². The van der Waals surface area contributed by atoms with Gasteiger partial charge in [0.15, 0.2) is 0 Å². The van der Waals surface area contributed by atoms with Crippen molar-refractivity contribution in [2.75, 3.05) is 6.61 Å². The van der Waals surface area contributed by atoms with Crippen molar-refractivity contribution in [2.24, 2.45) is 0 Å². The summed E-state index contributed by atoms with van der Waals surface area (Å²) < 4.78 is 0.801. The quantitative estimate of drug-likeness (QED) is 0.878. The number of aliphatic hydroxyl groups is 1. The normalized spacial score (nSPS) is 12.2. The lowest BCUT2D eigenvalue weighted by Gasteiger charge is -2.14. The molecule has 1 aromatic carbocycles. The van der Waals surface area contributed by atoms with E-state index in [9.17, 15) is 4.79 Å². The number of benzene rings is 1. The van der Waals surface area contributed by atoms with Gasteiger partial charge in [0.05, 0.1) is 5.56 Å². The van der Waals surface area contributed by atoms with E-state index in [0.717, 1.165) is 16.5 Å². The van der Waals surface area contributed by atoms with E-state index in [1.807, 2.05) is 32.0 Å². The molecule has 0 saturated heterocycles. The van der Waals surface area contributed by atoms with Gasteiger partial charge in [0.2, 0.25) is 0 Å². The highest BCUT2D eigenvalue weighted by atomic mass is 79.9. The summed E-state index contributed by atoms with van der Waals surface area (Å²) in [4.78, 5) is 12.0. The fraction of sp³-hybridized carbons (Fsp3) is 0.462. The predicted molar refractivity (Wildman–Crippen MR) is 72.1 cm³/mol. The smallest absolute Gasteiger partial charge is 0.252 e. The molecule has 17 heavy (non-hydrogen) atoms. The third kappa shape index (κ3) is 4.48. The summed E-state index contributed by atoms with van der Waals surface area (Å²) in [6.07, 6.45) is 1.49. The van der Waals surface area contributed by atoms with E-state index in [2.05, 4.69) is 21.2 Å². The van der Waals surface area contributed by atoms with Crippen LogP contribution in [-0.2, 0) is 0 Å². The lowest BCUT2D eigenvalue weighted by molar-refractivity contribution is 0.0935. The van der Waals surface area contributed by atoms with Crippen LogP contribution in [0.2, 0.25) is 0 Å². The Bertz CT molecular complexity index is 393. The van der Waals surface area contributed by atoms with E-state index in [4.69, 9.17) is 5.11 Å². The molecule has 3 nitrogen and oxygen atoms in total. The molecule has 1 aromatic rings. The molecule has 0 radical (unpaired) electrons. The van der Waals surface area contributed by atoms with E-state index in [1.165, 1.54) is 0 Å². The number of halogens is 1. The maximum atomic E-state index is 12.0. The number of aryl methyl sites for hydroxylation is 1. The highest BCUT2D eigenvalue weighted by Gasteiger charge is 2.12. The molecule has 0 spiro atoms. The molecule has 0 aliphatic heterocycles. The van der Waals surface area contributed by atoms with Crippen LogP contribution in [-0.4, -0.2) is 23.7 Å². The first kappa shape index (κ1) is 14.2. The van der Waals surface area contributed by atoms with Crippen LogP contribution in [0.4, 0.5) is 0 Å². The van der Waals surface area contributed by atoms with E-state index >= 15 is 0 Å². The monoisotopic (exact) mass is 299 g/mol. The molecular formula is C13H18BrNO2. The van der Waals surface area contributed by atoms with Gasteiger partial charge >= 0.3 is 0 Å². The van der Waals surface area contributed by atoms with Crippen molar-refractivity contribution in [1.29, 1.82) is 0 Å². The number of aliphatic hydroxyl groups excluding tert-OH is 1. The minimum Gasteiger partial charge on any atom is -0.396 e. The summed E-state index contributed by atoms with van der Waals surface area (Å²) in [6.45, 7) is 4.06. The van der Waals surface area contributed by atoms with Crippen LogP contribution < -0.4 is 5.32 Å². The van der Waals surface area contributed by atoms with Crippen molar-refractivity contribution in [3.63, 3.8) is 0 Å². The maximum absolute atomic E-state index is 12.0. The third-order valence-electron chi connectivity index (χ3n) is 2.54. The summed E-state index contributed by atoms with van der Waals surface area (Å²) in [5, 5.41) is 11.6. The van der Waals surface area contributed by atoms with Gasteiger partial charge in [0.25, 0.3) is 5.91 Å². The predicted octanol–water partition coefficient (Wildman–Crippen LogP) is 2.65. The summed E-state index contributed by atoms with van der Waals surface area (Å²) in [5.74, 6) is -0.0778. The van der Waals surface area contributed by atoms with E-state index < -0.39 is 0 Å². The number of amides is 1. The molecule has 4 heteroatoms. The summed E-state index contributed by atoms with van der Waals surface area (Å²) >= 11 is 3.37. The topological polar surface area (TPSA) is 49.3 Å². The molecule has 0 bridgehead atoms. The van der Waals surface area contributed by atoms with Gasteiger partial charge in [-0.1, -0.05) is 11.6 Å². The Labute approximate surface area is 110 Å². The second-order valence-corrected chi connectivity index (χ2v) is 5.08. The summed E-state index contributed by atoms with van der Waals surface area (Å²) in [6, 6.07) is 5.76. The highest BCUT2D eigenvalue weighted by Crippen LogP contribution is 2.18. The fourth-order valence-corrected chi connectivity index (χ4v) is 2.01. The van der Waals surface area contributed by atoms with Gasteiger partial charge in [-0.05, 0) is 54.8 Å². The molecule has 1 amide bonds. The highest BCUT2D eigenvalue weighted by molar-refractivity contribution is 9.10. The minimum absolute atomic E-state index is 0.0714. The van der Waals surface area contributed by atoms with Gasteiger partial charge in [-0.3, -0.25) is 4.79 Å². The number of nitrogens with one attached hydrogen (secondary N) is 1. The van der Waals surface area contributed by atoms with Gasteiger partial charge in [0.1, 0.15) is 0 Å². The Hall–Kier alpha value is -0.870. The molecule has 0 fully saturated rings. The van der Waals surface area contributed by atoms with Crippen molar-refractivity contribution in [3.8, 4) is 0 Å². The molecule has 0 heterocycles. The second-order valence-electron chi connectivity index (χ2n) is 4.22. The zero-order valence-corrected chi connectivity index (χ0v) is 11.8. The second kappa shape index (κ2) is 6.77. The van der Waals surface area contributed by atoms with Crippen molar-refractivity contribution in [3.05, 3.63) is 33.8 Å². The molecular weight excluding hydrogens is 282 g/mol. The van der Waals surface area contributed by atoms with Gasteiger partial charge in [0, 0.05) is 17.1 Å². The van der Waals surface area contributed by atoms with Gasteiger partial charge in [-0.15, -0.1) is 0 Å². The summed E-state index contributed by atoms with van der Waals surface area (Å²) in [5.41, 5.74) is 1.71. The summed E-state index contributed by atoms with van der Waals surface area (Å²) in [7, 11) is 0. The zero-order chi connectivity index (χ0) is 12.8. The van der Waals surface area contributed by atoms with E-state index in [0.29, 0.717) is 12.0 Å². The van der Waals surface area contributed by atoms with Gasteiger partial charge < -0.3 is 10.4 Å². The van der Waals surface area contributed by atoms with E-state index in [1.54, 1.807) is 0 Å². The average molecular weight is 300 g/mol. The van der Waals surface area contributed by atoms with Gasteiger partial charge in [-0.25, -0.2) is 0 Å². The van der Waals surface area contributed by atoms with Crippen LogP contribution in [0.15, 0.2) is 22.7 Å². The van der Waals surface area contributed by atoms with Crippen molar-refractivity contribution >= 4 is 21.8 Å². The molecule has 0 aromatic heterocycles. The Morgan fingerprint density at radius 2 is 2.24 bits per heavy atom. The molecule has 2 N–H and O–H groups in total. The van der Waals surface area contributed by atoms with Gasteiger partial charge in [-0.2, -0.15) is 0 Å². The lowest BCUT2D eigenvalue weighted by Crippen LogP contribution is -2.32. The minimum atomic E-state index is -0.0778. The SMILES string of the molecule is Cc1ccc(Br)c(C(=O)NC(C)CCCO)c1. The Balaban J connectivity index is 2.66. The number of hydrogen-bond acceptors (Lipinski definition) is 2. The number of carbonyl (C=O) groups is 1. The van der Waals surface area contributed by atoms with E-state index in [-0.39, 0.29) is 18.6 Å². The first-order valence-corrected chi connectivity index (χ1v) is 6.51. The first-order chi connectivity index (χ1) is 8.04. The van der Waals surface area contributed by atoms with Crippen molar-refractivity contribution < 1.29 is 9.90 Å². The zero-order valence-electron chi connectivity index (χ0n) is 10.2. The Kier molecular flexibility index (Phi) is 5.65. The molecule has 0 aliphatic rings. The number of hydrogen-bond donors (Lipinski definition) is 2. The van der Waals surface area contributed by atoms with Crippen molar-refractivity contribution in [2.45, 2.75) is 32.7 Å². The fourth-order valence-electron chi connectivity index (χ4n) is 1.58. The van der Waals surface area contributed by atoms with Crippen LogP contribution >= 0.6 is 15.9 Å².